The van der Waals surface area contributed by atoms with Crippen LogP contribution < -0.4 is 0 Å². The molecule has 1 fully saturated rings. The molecule has 1 saturated heterocycles. The number of hydrogen-bond donors (Lipinski definition) is 1. The smallest absolute Gasteiger partial charge is 0.407 e. The summed E-state index contributed by atoms with van der Waals surface area (Å²) in [6, 6.07) is 0. The van der Waals surface area contributed by atoms with Gasteiger partial charge < -0.3 is 14.7 Å². The number of hydrogen-bond acceptors (Lipinski definition) is 3. The van der Waals surface area contributed by atoms with E-state index >= 15 is 0 Å². The fourth-order valence-corrected chi connectivity index (χ4v) is 2.11. The van der Waals surface area contributed by atoms with Crippen molar-refractivity contribution in [2.45, 2.75) is 45.1 Å². The average Bonchev–Trinajstić information content (AvgIpc) is 2.10. The van der Waals surface area contributed by atoms with E-state index in [1.807, 2.05) is 0 Å². The Morgan fingerprint density at radius 1 is 1.42 bits per heavy atom. The van der Waals surface area contributed by atoms with E-state index in [1.165, 1.54) is 0 Å². The first kappa shape index (κ1) is 15.7. The second-order valence-electron chi connectivity index (χ2n) is 5.88. The minimum atomic E-state index is -3.09. The number of rotatable bonds is 2. The highest BCUT2D eigenvalue weighted by molar-refractivity contribution is 5.70. The van der Waals surface area contributed by atoms with Crippen molar-refractivity contribution in [2.75, 3.05) is 13.1 Å². The van der Waals surface area contributed by atoms with Gasteiger partial charge in [-0.05, 0) is 26.7 Å². The van der Waals surface area contributed by atoms with Gasteiger partial charge >= 0.3 is 12.1 Å². The molecule has 1 N–H and O–H groups in total. The SMILES string of the molecule is CC(C)(C)OC(=O)CC1CN(C(=O)O)CC(F)(F)C1. The van der Waals surface area contributed by atoms with E-state index in [2.05, 4.69) is 0 Å². The summed E-state index contributed by atoms with van der Waals surface area (Å²) in [6.07, 6.45) is -2.08. The molecule has 0 aromatic rings. The molecule has 5 nitrogen and oxygen atoms in total. The van der Waals surface area contributed by atoms with Gasteiger partial charge in [0.25, 0.3) is 5.92 Å². The van der Waals surface area contributed by atoms with Crippen LogP contribution in [0.1, 0.15) is 33.6 Å². The predicted octanol–water partition coefficient (Wildman–Crippen LogP) is 2.35. The Hall–Kier alpha value is -1.40. The number of ether oxygens (including phenoxy) is 1. The largest absolute Gasteiger partial charge is 0.465 e. The monoisotopic (exact) mass is 279 g/mol. The summed E-state index contributed by atoms with van der Waals surface area (Å²) in [7, 11) is 0. The number of carbonyl (C=O) groups is 2. The zero-order valence-electron chi connectivity index (χ0n) is 11.3. The van der Waals surface area contributed by atoms with Crippen LogP contribution >= 0.6 is 0 Å². The standard InChI is InChI=1S/C12H19F2NO4/c1-11(2,3)19-9(16)4-8-5-12(13,14)7-15(6-8)10(17)18/h8H,4-7H2,1-3H3,(H,17,18). The van der Waals surface area contributed by atoms with Gasteiger partial charge in [-0.2, -0.15) is 0 Å². The Morgan fingerprint density at radius 3 is 2.47 bits per heavy atom. The van der Waals surface area contributed by atoms with E-state index in [1.54, 1.807) is 20.8 Å². The van der Waals surface area contributed by atoms with Gasteiger partial charge in [-0.25, -0.2) is 13.6 Å². The lowest BCUT2D eigenvalue weighted by molar-refractivity contribution is -0.158. The number of esters is 1. The first-order valence-electron chi connectivity index (χ1n) is 6.06. The number of amides is 1. The molecular formula is C12H19F2NO4. The van der Waals surface area contributed by atoms with Crippen LogP contribution in [0, 0.1) is 5.92 Å². The van der Waals surface area contributed by atoms with Crippen LogP contribution in [0.4, 0.5) is 13.6 Å². The third kappa shape index (κ3) is 5.40. The Labute approximate surface area is 110 Å². The Morgan fingerprint density at radius 2 is 2.00 bits per heavy atom. The summed E-state index contributed by atoms with van der Waals surface area (Å²) in [4.78, 5) is 23.0. The molecule has 1 heterocycles. The highest BCUT2D eigenvalue weighted by Gasteiger charge is 2.42. The topological polar surface area (TPSA) is 66.8 Å². The van der Waals surface area contributed by atoms with Gasteiger partial charge in [-0.15, -0.1) is 0 Å². The maximum absolute atomic E-state index is 13.4. The molecule has 0 aliphatic carbocycles. The fourth-order valence-electron chi connectivity index (χ4n) is 2.11. The molecule has 7 heteroatoms. The Kier molecular flexibility index (Phi) is 4.37. The molecule has 1 unspecified atom stereocenters. The minimum Gasteiger partial charge on any atom is -0.465 e. The third-order valence-corrected chi connectivity index (χ3v) is 2.63. The summed E-state index contributed by atoms with van der Waals surface area (Å²) >= 11 is 0. The number of halogens is 2. The van der Waals surface area contributed by atoms with Gasteiger partial charge in [0.1, 0.15) is 5.60 Å². The van der Waals surface area contributed by atoms with E-state index in [-0.39, 0.29) is 13.0 Å². The van der Waals surface area contributed by atoms with Crippen LogP contribution in [0.2, 0.25) is 0 Å². The normalized spacial score (nSPS) is 23.0. The van der Waals surface area contributed by atoms with Crippen molar-refractivity contribution in [3.63, 3.8) is 0 Å². The van der Waals surface area contributed by atoms with Crippen LogP contribution in [-0.2, 0) is 9.53 Å². The van der Waals surface area contributed by atoms with Crippen molar-refractivity contribution in [3.05, 3.63) is 0 Å². The number of likely N-dealkylation sites (tertiary alicyclic amines) is 1. The lowest BCUT2D eigenvalue weighted by Crippen LogP contribution is -2.49. The van der Waals surface area contributed by atoms with Crippen LogP contribution in [0.15, 0.2) is 0 Å². The van der Waals surface area contributed by atoms with E-state index in [4.69, 9.17) is 9.84 Å². The molecule has 1 aliphatic heterocycles. The second kappa shape index (κ2) is 5.30. The summed E-state index contributed by atoms with van der Waals surface area (Å²) in [5.41, 5.74) is -0.680. The Balaban J connectivity index is 2.62. The summed E-state index contributed by atoms with van der Waals surface area (Å²) in [5.74, 6) is -4.39. The summed E-state index contributed by atoms with van der Waals surface area (Å²) < 4.78 is 31.8. The van der Waals surface area contributed by atoms with Crippen molar-refractivity contribution in [3.8, 4) is 0 Å². The van der Waals surface area contributed by atoms with Crippen molar-refractivity contribution in [2.24, 2.45) is 5.92 Å². The number of nitrogens with zero attached hydrogens (tertiary/aromatic N) is 1. The van der Waals surface area contributed by atoms with Gasteiger partial charge in [0.2, 0.25) is 0 Å². The predicted molar refractivity (Wildman–Crippen MR) is 63.1 cm³/mol. The van der Waals surface area contributed by atoms with Crippen molar-refractivity contribution in [1.29, 1.82) is 0 Å². The van der Waals surface area contributed by atoms with Crippen LogP contribution in [0.3, 0.4) is 0 Å². The molecular weight excluding hydrogens is 260 g/mol. The molecule has 1 aliphatic rings. The highest BCUT2D eigenvalue weighted by atomic mass is 19.3. The van der Waals surface area contributed by atoms with E-state index in [9.17, 15) is 18.4 Å². The highest BCUT2D eigenvalue weighted by Crippen LogP contribution is 2.32. The first-order chi connectivity index (χ1) is 8.48. The molecule has 1 amide bonds. The average molecular weight is 279 g/mol. The maximum atomic E-state index is 13.4. The van der Waals surface area contributed by atoms with Crippen molar-refractivity contribution in [1.82, 2.24) is 4.90 Å². The van der Waals surface area contributed by atoms with Crippen molar-refractivity contribution < 1.29 is 28.2 Å². The van der Waals surface area contributed by atoms with E-state index in [0.29, 0.717) is 4.90 Å². The number of piperidine rings is 1. The van der Waals surface area contributed by atoms with Gasteiger partial charge in [0.15, 0.2) is 0 Å². The van der Waals surface area contributed by atoms with E-state index in [0.717, 1.165) is 0 Å². The Bertz CT molecular complexity index is 365. The van der Waals surface area contributed by atoms with Gasteiger partial charge in [-0.1, -0.05) is 0 Å². The molecule has 1 rings (SSSR count). The number of carboxylic acid groups (broad SMARTS) is 1. The number of alkyl halides is 2. The van der Waals surface area contributed by atoms with Crippen LogP contribution in [-0.4, -0.2) is 46.7 Å². The van der Waals surface area contributed by atoms with Gasteiger partial charge in [-0.3, -0.25) is 4.79 Å². The second-order valence-corrected chi connectivity index (χ2v) is 5.88. The van der Waals surface area contributed by atoms with Crippen LogP contribution in [0.5, 0.6) is 0 Å². The lowest BCUT2D eigenvalue weighted by atomic mass is 9.92. The van der Waals surface area contributed by atoms with Crippen LogP contribution in [0.25, 0.3) is 0 Å². The third-order valence-electron chi connectivity index (χ3n) is 2.63. The molecule has 0 aromatic heterocycles. The van der Waals surface area contributed by atoms with Gasteiger partial charge in [0.05, 0.1) is 13.0 Å². The molecule has 0 spiro atoms. The number of carbonyl (C=O) groups excluding carboxylic acids is 1. The van der Waals surface area contributed by atoms with Gasteiger partial charge in [0, 0.05) is 13.0 Å². The summed E-state index contributed by atoms with van der Waals surface area (Å²) in [5, 5.41) is 8.79. The zero-order chi connectivity index (χ0) is 14.8. The molecule has 110 valence electrons. The quantitative estimate of drug-likeness (QED) is 0.788. The lowest BCUT2D eigenvalue weighted by Gasteiger charge is -2.35. The first-order valence-corrected chi connectivity index (χ1v) is 6.06. The molecule has 1 atom stereocenters. The minimum absolute atomic E-state index is 0.0653. The summed E-state index contributed by atoms with van der Waals surface area (Å²) in [6.45, 7) is 4.18. The van der Waals surface area contributed by atoms with Crippen molar-refractivity contribution >= 4 is 12.1 Å². The van der Waals surface area contributed by atoms with E-state index < -0.39 is 42.5 Å². The molecule has 0 saturated carbocycles. The molecule has 0 bridgehead atoms. The molecule has 19 heavy (non-hydrogen) atoms. The zero-order valence-corrected chi connectivity index (χ0v) is 11.3. The molecule has 0 radical (unpaired) electrons. The molecule has 0 aromatic carbocycles. The fraction of sp³-hybridized carbons (Fsp3) is 0.833. The maximum Gasteiger partial charge on any atom is 0.407 e.